The molecule has 0 radical (unpaired) electrons. The highest BCUT2D eigenvalue weighted by molar-refractivity contribution is 7.91. The Morgan fingerprint density at radius 1 is 1.10 bits per heavy atom. The van der Waals surface area contributed by atoms with Crippen molar-refractivity contribution in [1.29, 1.82) is 0 Å². The van der Waals surface area contributed by atoms with E-state index in [1.54, 1.807) is 24.5 Å². The highest BCUT2D eigenvalue weighted by Crippen LogP contribution is 2.30. The summed E-state index contributed by atoms with van der Waals surface area (Å²) < 4.78 is 30.7. The zero-order valence-corrected chi connectivity index (χ0v) is 16.9. The molecule has 6 nitrogen and oxygen atoms in total. The van der Waals surface area contributed by atoms with Crippen LogP contribution in [0.1, 0.15) is 5.56 Å². The van der Waals surface area contributed by atoms with Crippen LogP contribution in [0.15, 0.2) is 82.9 Å². The summed E-state index contributed by atoms with van der Waals surface area (Å²) in [7, 11) is -2.34. The number of benzene rings is 2. The highest BCUT2D eigenvalue weighted by atomic mass is 35.5. The predicted octanol–water partition coefficient (Wildman–Crippen LogP) is 4.23. The first-order valence-corrected chi connectivity index (χ1v) is 10.3. The highest BCUT2D eigenvalue weighted by Gasteiger charge is 2.19. The lowest BCUT2D eigenvalue weighted by atomic mass is 10.2. The fraction of sp³-hybridized carbons (Fsp3) is 0.0476. The Hall–Kier alpha value is -3.16. The molecular formula is C21H17ClN2O4S. The first kappa shape index (κ1) is 20.6. The molecule has 0 spiro atoms. The maximum Gasteiger partial charge on any atom is 0.248 e. The number of hydrogen-bond acceptors (Lipinski definition) is 5. The molecule has 148 valence electrons. The van der Waals surface area contributed by atoms with Gasteiger partial charge >= 0.3 is 0 Å². The van der Waals surface area contributed by atoms with Crippen LogP contribution in [-0.2, 0) is 14.6 Å². The Morgan fingerprint density at radius 3 is 2.48 bits per heavy atom. The van der Waals surface area contributed by atoms with Crippen LogP contribution >= 0.6 is 11.6 Å². The zero-order valence-electron chi connectivity index (χ0n) is 15.4. The molecule has 0 atom stereocenters. The van der Waals surface area contributed by atoms with E-state index in [4.69, 9.17) is 16.3 Å². The minimum absolute atomic E-state index is 0.0648. The van der Waals surface area contributed by atoms with E-state index in [2.05, 4.69) is 10.3 Å². The van der Waals surface area contributed by atoms with Crippen molar-refractivity contribution in [3.05, 3.63) is 83.7 Å². The van der Waals surface area contributed by atoms with Gasteiger partial charge in [0.25, 0.3) is 0 Å². The van der Waals surface area contributed by atoms with Gasteiger partial charge in [-0.1, -0.05) is 17.7 Å². The van der Waals surface area contributed by atoms with Gasteiger partial charge in [-0.25, -0.2) is 8.42 Å². The smallest absolute Gasteiger partial charge is 0.248 e. The van der Waals surface area contributed by atoms with Crippen LogP contribution in [0.4, 0.5) is 5.69 Å². The van der Waals surface area contributed by atoms with Crippen LogP contribution in [-0.4, -0.2) is 26.4 Å². The number of carbonyl (C=O) groups excluding carboxylic acids is 1. The Balaban J connectivity index is 1.74. The minimum Gasteiger partial charge on any atom is -0.495 e. The molecule has 0 aliphatic heterocycles. The second-order valence-corrected chi connectivity index (χ2v) is 8.29. The summed E-state index contributed by atoms with van der Waals surface area (Å²) in [6.07, 6.45) is 6.29. The van der Waals surface area contributed by atoms with E-state index in [1.165, 1.54) is 55.7 Å². The zero-order chi connectivity index (χ0) is 20.9. The molecule has 1 amide bonds. The van der Waals surface area contributed by atoms with Crippen LogP contribution < -0.4 is 10.1 Å². The van der Waals surface area contributed by atoms with E-state index in [9.17, 15) is 13.2 Å². The molecule has 1 heterocycles. The van der Waals surface area contributed by atoms with Crippen molar-refractivity contribution in [2.24, 2.45) is 0 Å². The Bertz CT molecular complexity index is 1150. The van der Waals surface area contributed by atoms with Gasteiger partial charge in [-0.05, 0) is 54.1 Å². The van der Waals surface area contributed by atoms with Crippen molar-refractivity contribution in [2.45, 2.75) is 9.79 Å². The average molecular weight is 429 g/mol. The molecule has 2 aromatic carbocycles. The van der Waals surface area contributed by atoms with E-state index in [0.717, 1.165) is 5.56 Å². The Kier molecular flexibility index (Phi) is 6.31. The first-order valence-electron chi connectivity index (χ1n) is 8.48. The van der Waals surface area contributed by atoms with Crippen molar-refractivity contribution in [1.82, 2.24) is 4.98 Å². The van der Waals surface area contributed by atoms with Crippen LogP contribution in [0.2, 0.25) is 5.02 Å². The quantitative estimate of drug-likeness (QED) is 0.594. The van der Waals surface area contributed by atoms with E-state index in [0.29, 0.717) is 10.7 Å². The normalized spacial score (nSPS) is 11.4. The van der Waals surface area contributed by atoms with Gasteiger partial charge in [0.05, 0.1) is 21.9 Å². The number of amides is 1. The van der Waals surface area contributed by atoms with E-state index in [-0.39, 0.29) is 21.4 Å². The number of rotatable bonds is 6. The Labute approximate surface area is 173 Å². The largest absolute Gasteiger partial charge is 0.495 e. The lowest BCUT2D eigenvalue weighted by Gasteiger charge is -2.09. The summed E-state index contributed by atoms with van der Waals surface area (Å²) in [6.45, 7) is 0. The summed E-state index contributed by atoms with van der Waals surface area (Å²) in [5.41, 5.74) is 1.26. The molecule has 0 aliphatic carbocycles. The van der Waals surface area contributed by atoms with Gasteiger partial charge < -0.3 is 10.1 Å². The number of anilines is 1. The lowest BCUT2D eigenvalue weighted by molar-refractivity contribution is -0.111. The number of aromatic nitrogens is 1. The number of hydrogen-bond donors (Lipinski definition) is 1. The van der Waals surface area contributed by atoms with Crippen LogP contribution in [0.5, 0.6) is 5.75 Å². The van der Waals surface area contributed by atoms with Crippen molar-refractivity contribution in [3.63, 3.8) is 0 Å². The number of methoxy groups -OCH3 is 1. The molecule has 0 saturated carbocycles. The van der Waals surface area contributed by atoms with Gasteiger partial charge in [-0.3, -0.25) is 9.78 Å². The van der Waals surface area contributed by atoms with Crippen LogP contribution in [0.3, 0.4) is 0 Å². The molecule has 0 fully saturated rings. The maximum atomic E-state index is 12.8. The van der Waals surface area contributed by atoms with Crippen molar-refractivity contribution in [2.75, 3.05) is 12.4 Å². The predicted molar refractivity (Wildman–Crippen MR) is 112 cm³/mol. The van der Waals surface area contributed by atoms with Gasteiger partial charge in [-0.2, -0.15) is 0 Å². The molecule has 29 heavy (non-hydrogen) atoms. The second kappa shape index (κ2) is 8.89. The second-order valence-electron chi connectivity index (χ2n) is 5.93. The molecular weight excluding hydrogens is 412 g/mol. The lowest BCUT2D eigenvalue weighted by Crippen LogP contribution is -2.08. The minimum atomic E-state index is -3.75. The average Bonchev–Trinajstić information content (AvgIpc) is 2.73. The number of sulfone groups is 1. The number of ether oxygens (including phenoxy) is 1. The van der Waals surface area contributed by atoms with E-state index < -0.39 is 9.84 Å². The third-order valence-corrected chi connectivity index (χ3v) is 6.06. The summed E-state index contributed by atoms with van der Waals surface area (Å²) >= 11 is 5.96. The fourth-order valence-corrected chi connectivity index (χ4v) is 3.96. The number of pyridine rings is 1. The maximum absolute atomic E-state index is 12.8. The summed E-state index contributed by atoms with van der Waals surface area (Å²) in [6, 6.07) is 13.8. The number of halogens is 1. The van der Waals surface area contributed by atoms with Crippen molar-refractivity contribution in [3.8, 4) is 5.75 Å². The van der Waals surface area contributed by atoms with Gasteiger partial charge in [0.1, 0.15) is 5.75 Å². The molecule has 0 aliphatic rings. The van der Waals surface area contributed by atoms with Crippen LogP contribution in [0, 0.1) is 0 Å². The summed E-state index contributed by atoms with van der Waals surface area (Å²) in [5.74, 6) is -0.0658. The molecule has 8 heteroatoms. The molecule has 3 aromatic rings. The fourth-order valence-electron chi connectivity index (χ4n) is 2.49. The molecule has 1 N–H and O–H groups in total. The summed E-state index contributed by atoms with van der Waals surface area (Å²) in [4.78, 5) is 16.1. The van der Waals surface area contributed by atoms with Crippen molar-refractivity contribution >= 4 is 39.1 Å². The monoisotopic (exact) mass is 428 g/mol. The van der Waals surface area contributed by atoms with Gasteiger partial charge in [-0.15, -0.1) is 0 Å². The molecule has 3 rings (SSSR count). The van der Waals surface area contributed by atoms with Gasteiger partial charge in [0, 0.05) is 30.2 Å². The third kappa shape index (κ3) is 5.01. The van der Waals surface area contributed by atoms with Crippen LogP contribution in [0.25, 0.3) is 6.08 Å². The number of nitrogens with one attached hydrogen (secondary N) is 1. The van der Waals surface area contributed by atoms with Gasteiger partial charge in [0.2, 0.25) is 15.7 Å². The molecule has 0 saturated heterocycles. The van der Waals surface area contributed by atoms with E-state index >= 15 is 0 Å². The first-order chi connectivity index (χ1) is 13.9. The number of carbonyl (C=O) groups is 1. The SMILES string of the molecule is COc1cc(S(=O)(=O)c2ccc(NC(=O)/C=C/c3cccnc3)cc2)ccc1Cl. The van der Waals surface area contributed by atoms with Gasteiger partial charge in [0.15, 0.2) is 0 Å². The molecule has 1 aromatic heterocycles. The number of nitrogens with zero attached hydrogens (tertiary/aromatic N) is 1. The Morgan fingerprint density at radius 2 is 1.83 bits per heavy atom. The summed E-state index contributed by atoms with van der Waals surface area (Å²) in [5, 5.41) is 3.00. The molecule has 0 bridgehead atoms. The molecule has 0 unspecified atom stereocenters. The third-order valence-electron chi connectivity index (χ3n) is 3.98. The topological polar surface area (TPSA) is 85.4 Å². The standard InChI is InChI=1S/C21H17ClN2O4S/c1-28-20-13-18(9-10-19(20)22)29(26,27)17-7-5-16(6-8-17)24-21(25)11-4-15-3-2-12-23-14-15/h2-14H,1H3,(H,24,25)/b11-4+. The van der Waals surface area contributed by atoms with E-state index in [1.807, 2.05) is 6.07 Å². The van der Waals surface area contributed by atoms with Crippen molar-refractivity contribution < 1.29 is 17.9 Å².